The van der Waals surface area contributed by atoms with Gasteiger partial charge in [0.05, 0.1) is 19.3 Å². The Morgan fingerprint density at radius 3 is 2.69 bits per heavy atom. The highest BCUT2D eigenvalue weighted by atomic mass is 32.1. The summed E-state index contributed by atoms with van der Waals surface area (Å²) in [5.74, 6) is 0.798. The lowest BCUT2D eigenvalue weighted by molar-refractivity contribution is 0.198. The first-order chi connectivity index (χ1) is 14.0. The van der Waals surface area contributed by atoms with Gasteiger partial charge in [-0.2, -0.15) is 0 Å². The van der Waals surface area contributed by atoms with Crippen molar-refractivity contribution in [3.63, 3.8) is 0 Å². The molecule has 0 saturated carbocycles. The SMILES string of the molecule is CN=C(NCc1nc(C)c(C)s1)NC1CCN(Cc2ccc(OC)c(F)c2)CC1. The molecular formula is C21H30FN5OS. The maximum atomic E-state index is 13.9. The number of likely N-dealkylation sites (tertiary alicyclic amines) is 1. The Morgan fingerprint density at radius 2 is 2.10 bits per heavy atom. The van der Waals surface area contributed by atoms with Crippen molar-refractivity contribution in [2.75, 3.05) is 27.2 Å². The number of aryl methyl sites for hydroxylation is 2. The molecule has 0 amide bonds. The molecule has 1 aliphatic rings. The van der Waals surface area contributed by atoms with E-state index in [-0.39, 0.29) is 5.82 Å². The van der Waals surface area contributed by atoms with Crippen LogP contribution in [0.4, 0.5) is 4.39 Å². The third-order valence-electron chi connectivity index (χ3n) is 5.25. The number of aliphatic imine (C=N–C) groups is 1. The van der Waals surface area contributed by atoms with E-state index in [1.807, 2.05) is 13.0 Å². The Hall–Kier alpha value is -2.19. The summed E-state index contributed by atoms with van der Waals surface area (Å²) in [4.78, 5) is 12.5. The minimum Gasteiger partial charge on any atom is -0.494 e. The third kappa shape index (κ3) is 5.90. The van der Waals surface area contributed by atoms with Gasteiger partial charge in [-0.25, -0.2) is 9.37 Å². The van der Waals surface area contributed by atoms with Crippen LogP contribution in [0.1, 0.15) is 34.0 Å². The molecule has 2 heterocycles. The monoisotopic (exact) mass is 419 g/mol. The van der Waals surface area contributed by atoms with E-state index in [9.17, 15) is 4.39 Å². The summed E-state index contributed by atoms with van der Waals surface area (Å²) in [6, 6.07) is 5.57. The lowest BCUT2D eigenvalue weighted by Gasteiger charge is -2.33. The number of guanidine groups is 1. The van der Waals surface area contributed by atoms with Crippen molar-refractivity contribution in [2.45, 2.75) is 45.8 Å². The second kappa shape index (κ2) is 10.0. The normalized spacial score (nSPS) is 16.1. The smallest absolute Gasteiger partial charge is 0.191 e. The van der Waals surface area contributed by atoms with Crippen molar-refractivity contribution in [3.8, 4) is 5.75 Å². The molecule has 1 aromatic carbocycles. The van der Waals surface area contributed by atoms with Gasteiger partial charge in [0, 0.05) is 37.6 Å². The van der Waals surface area contributed by atoms with Gasteiger partial charge in [-0.15, -0.1) is 11.3 Å². The van der Waals surface area contributed by atoms with E-state index >= 15 is 0 Å². The Balaban J connectivity index is 1.44. The molecule has 1 fully saturated rings. The molecule has 1 aromatic heterocycles. The average molecular weight is 420 g/mol. The number of hydrogen-bond acceptors (Lipinski definition) is 5. The van der Waals surface area contributed by atoms with Gasteiger partial charge in [-0.3, -0.25) is 9.89 Å². The second-order valence-corrected chi connectivity index (χ2v) is 8.63. The molecule has 0 bridgehead atoms. The molecular weight excluding hydrogens is 389 g/mol. The van der Waals surface area contributed by atoms with Crippen LogP contribution in [0.2, 0.25) is 0 Å². The van der Waals surface area contributed by atoms with E-state index in [2.05, 4.69) is 32.4 Å². The zero-order valence-corrected chi connectivity index (χ0v) is 18.4. The van der Waals surface area contributed by atoms with Crippen LogP contribution in [0.25, 0.3) is 0 Å². The van der Waals surface area contributed by atoms with Crippen LogP contribution in [-0.2, 0) is 13.1 Å². The topological polar surface area (TPSA) is 61.8 Å². The van der Waals surface area contributed by atoms with E-state index in [0.717, 1.165) is 54.7 Å². The fourth-order valence-electron chi connectivity index (χ4n) is 3.46. The van der Waals surface area contributed by atoms with Gasteiger partial charge in [0.2, 0.25) is 0 Å². The first-order valence-corrected chi connectivity index (χ1v) is 10.7. The summed E-state index contributed by atoms with van der Waals surface area (Å²) >= 11 is 1.72. The van der Waals surface area contributed by atoms with Crippen LogP contribution in [0.5, 0.6) is 5.75 Å². The van der Waals surface area contributed by atoms with Crippen LogP contribution < -0.4 is 15.4 Å². The molecule has 0 radical (unpaired) electrons. The molecule has 1 saturated heterocycles. The van der Waals surface area contributed by atoms with Crippen molar-refractivity contribution in [3.05, 3.63) is 45.2 Å². The Morgan fingerprint density at radius 1 is 1.34 bits per heavy atom. The maximum Gasteiger partial charge on any atom is 0.191 e. The van der Waals surface area contributed by atoms with Crippen LogP contribution >= 0.6 is 11.3 Å². The number of aromatic nitrogens is 1. The molecule has 3 rings (SSSR count). The molecule has 1 aliphatic heterocycles. The number of halogens is 1. The number of rotatable bonds is 6. The fraction of sp³-hybridized carbons (Fsp3) is 0.524. The van der Waals surface area contributed by atoms with Gasteiger partial charge in [-0.1, -0.05) is 6.07 Å². The number of methoxy groups -OCH3 is 1. The molecule has 0 spiro atoms. The van der Waals surface area contributed by atoms with Crippen LogP contribution in [0.15, 0.2) is 23.2 Å². The lowest BCUT2D eigenvalue weighted by Crippen LogP contribution is -2.48. The van der Waals surface area contributed by atoms with Crippen molar-refractivity contribution >= 4 is 17.3 Å². The summed E-state index contributed by atoms with van der Waals surface area (Å²) in [5, 5.41) is 7.95. The van der Waals surface area contributed by atoms with Crippen molar-refractivity contribution in [1.29, 1.82) is 0 Å². The zero-order valence-electron chi connectivity index (χ0n) is 17.6. The summed E-state index contributed by atoms with van der Waals surface area (Å²) < 4.78 is 18.9. The number of ether oxygens (including phenoxy) is 1. The number of benzene rings is 1. The van der Waals surface area contributed by atoms with Crippen molar-refractivity contribution in [2.24, 2.45) is 4.99 Å². The van der Waals surface area contributed by atoms with E-state index in [0.29, 0.717) is 18.3 Å². The van der Waals surface area contributed by atoms with Gasteiger partial charge in [0.25, 0.3) is 0 Å². The Kier molecular flexibility index (Phi) is 7.44. The Labute approximate surface area is 176 Å². The molecule has 0 aliphatic carbocycles. The highest BCUT2D eigenvalue weighted by Crippen LogP contribution is 2.20. The highest BCUT2D eigenvalue weighted by Gasteiger charge is 2.20. The summed E-state index contributed by atoms with van der Waals surface area (Å²) in [7, 11) is 3.28. The molecule has 0 unspecified atom stereocenters. The zero-order chi connectivity index (χ0) is 20.8. The number of thiazole rings is 1. The lowest BCUT2D eigenvalue weighted by atomic mass is 10.0. The predicted molar refractivity (Wildman–Crippen MR) is 116 cm³/mol. The third-order valence-corrected chi connectivity index (χ3v) is 6.33. The summed E-state index contributed by atoms with van der Waals surface area (Å²) in [6.07, 6.45) is 2.05. The molecule has 8 heteroatoms. The maximum absolute atomic E-state index is 13.9. The van der Waals surface area contributed by atoms with Crippen LogP contribution in [0.3, 0.4) is 0 Å². The molecule has 6 nitrogen and oxygen atoms in total. The molecule has 2 N–H and O–H groups in total. The number of nitrogens with one attached hydrogen (secondary N) is 2. The summed E-state index contributed by atoms with van der Waals surface area (Å²) in [5.41, 5.74) is 2.07. The second-order valence-electron chi connectivity index (χ2n) is 7.34. The molecule has 0 atom stereocenters. The van der Waals surface area contributed by atoms with Gasteiger partial charge in [0.15, 0.2) is 17.5 Å². The first-order valence-electron chi connectivity index (χ1n) is 9.93. The van der Waals surface area contributed by atoms with E-state index < -0.39 is 0 Å². The van der Waals surface area contributed by atoms with Gasteiger partial charge in [0.1, 0.15) is 5.01 Å². The van der Waals surface area contributed by atoms with Gasteiger partial charge >= 0.3 is 0 Å². The van der Waals surface area contributed by atoms with E-state index in [1.54, 1.807) is 30.5 Å². The minimum atomic E-state index is -0.304. The predicted octanol–water partition coefficient (Wildman–Crippen LogP) is 3.24. The standard InChI is InChI=1S/C21H30FN5OS/c1-14-15(2)29-20(25-14)12-24-21(23-3)26-17-7-9-27(10-8-17)13-16-5-6-19(28-4)18(22)11-16/h5-6,11,17H,7-10,12-13H2,1-4H3,(H2,23,24,26). The quantitative estimate of drug-likeness (QED) is 0.556. The number of piperidine rings is 1. The van der Waals surface area contributed by atoms with Crippen LogP contribution in [-0.4, -0.2) is 49.1 Å². The molecule has 2 aromatic rings. The highest BCUT2D eigenvalue weighted by molar-refractivity contribution is 7.11. The van der Waals surface area contributed by atoms with Crippen molar-refractivity contribution in [1.82, 2.24) is 20.5 Å². The molecule has 29 heavy (non-hydrogen) atoms. The van der Waals surface area contributed by atoms with E-state index in [1.165, 1.54) is 12.0 Å². The largest absolute Gasteiger partial charge is 0.494 e. The van der Waals surface area contributed by atoms with Crippen LogP contribution in [0, 0.1) is 19.7 Å². The van der Waals surface area contributed by atoms with Gasteiger partial charge < -0.3 is 15.4 Å². The van der Waals surface area contributed by atoms with Gasteiger partial charge in [-0.05, 0) is 44.4 Å². The fourth-order valence-corrected chi connectivity index (χ4v) is 4.34. The number of nitrogens with zero attached hydrogens (tertiary/aromatic N) is 3. The molecule has 158 valence electrons. The van der Waals surface area contributed by atoms with E-state index in [4.69, 9.17) is 4.74 Å². The number of hydrogen-bond donors (Lipinski definition) is 2. The average Bonchev–Trinajstić information content (AvgIpc) is 3.04. The Bertz CT molecular complexity index is 826. The van der Waals surface area contributed by atoms with Crippen molar-refractivity contribution < 1.29 is 9.13 Å². The first kappa shape index (κ1) is 21.5. The summed E-state index contributed by atoms with van der Waals surface area (Å²) in [6.45, 7) is 7.50. The minimum absolute atomic E-state index is 0.290.